The molecule has 2 heteroatoms. The molecule has 0 fully saturated rings. The van der Waals surface area contributed by atoms with E-state index in [1.54, 1.807) is 0 Å². The van der Waals surface area contributed by atoms with Crippen molar-refractivity contribution in [3.8, 4) is 12.3 Å². The molecule has 106 valence electrons. The van der Waals surface area contributed by atoms with Gasteiger partial charge in [0.15, 0.2) is 8.32 Å². The molecular formula is C16H32OSi. The molecule has 0 aromatic heterocycles. The first kappa shape index (κ1) is 17.7. The minimum Gasteiger partial charge on any atom is -0.413 e. The van der Waals surface area contributed by atoms with E-state index in [1.807, 2.05) is 0 Å². The van der Waals surface area contributed by atoms with E-state index in [2.05, 4.69) is 33.6 Å². The highest BCUT2D eigenvalue weighted by molar-refractivity contribution is 6.73. The van der Waals surface area contributed by atoms with Crippen LogP contribution in [0.3, 0.4) is 0 Å². The molecule has 0 aromatic carbocycles. The molecule has 0 amide bonds. The second-order valence-electron chi connectivity index (χ2n) is 5.24. The second kappa shape index (κ2) is 10.6. The summed E-state index contributed by atoms with van der Waals surface area (Å²) in [5.74, 6) is 2.80. The lowest BCUT2D eigenvalue weighted by Gasteiger charge is -2.32. The Morgan fingerprint density at radius 3 is 2.06 bits per heavy atom. The number of terminal acetylenes is 1. The van der Waals surface area contributed by atoms with Gasteiger partial charge in [-0.3, -0.25) is 0 Å². The summed E-state index contributed by atoms with van der Waals surface area (Å²) in [5, 5.41) is 0. The second-order valence-corrected chi connectivity index (χ2v) is 9.96. The van der Waals surface area contributed by atoms with Crippen LogP contribution >= 0.6 is 0 Å². The summed E-state index contributed by atoms with van der Waals surface area (Å²) in [6, 6.07) is 3.65. The molecule has 0 N–H and O–H groups in total. The number of unbranched alkanes of at least 4 members (excludes halogenated alkanes) is 3. The van der Waals surface area contributed by atoms with Gasteiger partial charge in [0.1, 0.15) is 0 Å². The Morgan fingerprint density at radius 1 is 1.00 bits per heavy atom. The standard InChI is InChI=1S/C16H32OSi/c1-6-11-12-13-15-16(14-7-2)17-18(8-3,9-4)10-5/h2,16H,6,8-15H2,1,3-5H3. The summed E-state index contributed by atoms with van der Waals surface area (Å²) in [6.07, 6.45) is 13.0. The van der Waals surface area contributed by atoms with Gasteiger partial charge < -0.3 is 4.43 Å². The van der Waals surface area contributed by atoms with Crippen LogP contribution in [-0.2, 0) is 4.43 Å². The molecule has 1 nitrogen and oxygen atoms in total. The summed E-state index contributed by atoms with van der Waals surface area (Å²) < 4.78 is 6.50. The topological polar surface area (TPSA) is 9.23 Å². The number of hydrogen-bond acceptors (Lipinski definition) is 1. The largest absolute Gasteiger partial charge is 0.413 e. The maximum absolute atomic E-state index is 6.50. The summed E-state index contributed by atoms with van der Waals surface area (Å²) in [6.45, 7) is 9.09. The minimum absolute atomic E-state index is 0.318. The average Bonchev–Trinajstić information content (AvgIpc) is 2.41. The molecule has 0 spiro atoms. The van der Waals surface area contributed by atoms with Crippen molar-refractivity contribution < 1.29 is 4.43 Å². The van der Waals surface area contributed by atoms with Crippen molar-refractivity contribution in [3.63, 3.8) is 0 Å². The first-order chi connectivity index (χ1) is 8.67. The summed E-state index contributed by atoms with van der Waals surface area (Å²) in [7, 11) is -1.48. The predicted molar refractivity (Wildman–Crippen MR) is 84.3 cm³/mol. The summed E-state index contributed by atoms with van der Waals surface area (Å²) >= 11 is 0. The highest BCUT2D eigenvalue weighted by Gasteiger charge is 2.31. The van der Waals surface area contributed by atoms with Crippen LogP contribution in [0.15, 0.2) is 0 Å². The van der Waals surface area contributed by atoms with Crippen LogP contribution < -0.4 is 0 Å². The molecule has 0 aliphatic heterocycles. The Balaban J connectivity index is 4.27. The van der Waals surface area contributed by atoms with Gasteiger partial charge in [0.05, 0.1) is 6.10 Å². The maximum Gasteiger partial charge on any atom is 0.192 e. The third-order valence-corrected chi connectivity index (χ3v) is 8.77. The lowest BCUT2D eigenvalue weighted by atomic mass is 10.1. The molecule has 0 bridgehead atoms. The number of rotatable bonds is 11. The number of hydrogen-bond donors (Lipinski definition) is 0. The molecule has 0 heterocycles. The molecule has 0 saturated carbocycles. The van der Waals surface area contributed by atoms with Crippen LogP contribution in [0, 0.1) is 12.3 Å². The average molecular weight is 269 g/mol. The monoisotopic (exact) mass is 268 g/mol. The van der Waals surface area contributed by atoms with Gasteiger partial charge >= 0.3 is 0 Å². The Hall–Kier alpha value is -0.263. The normalized spacial score (nSPS) is 13.3. The fraction of sp³-hybridized carbons (Fsp3) is 0.875. The van der Waals surface area contributed by atoms with Gasteiger partial charge in [-0.1, -0.05) is 53.4 Å². The Labute approximate surface area is 116 Å². The highest BCUT2D eigenvalue weighted by atomic mass is 28.4. The Bertz CT molecular complexity index is 219. The lowest BCUT2D eigenvalue weighted by Crippen LogP contribution is -2.39. The predicted octanol–water partition coefficient (Wildman–Crippen LogP) is 5.37. The van der Waals surface area contributed by atoms with Crippen molar-refractivity contribution >= 4 is 8.32 Å². The van der Waals surface area contributed by atoms with E-state index in [0.29, 0.717) is 6.10 Å². The van der Waals surface area contributed by atoms with Crippen LogP contribution in [0.4, 0.5) is 0 Å². The van der Waals surface area contributed by atoms with Gasteiger partial charge in [0.2, 0.25) is 0 Å². The van der Waals surface area contributed by atoms with Crippen molar-refractivity contribution in [1.29, 1.82) is 0 Å². The third-order valence-electron chi connectivity index (χ3n) is 4.07. The van der Waals surface area contributed by atoms with E-state index in [9.17, 15) is 0 Å². The van der Waals surface area contributed by atoms with Crippen molar-refractivity contribution in [1.82, 2.24) is 0 Å². The molecule has 18 heavy (non-hydrogen) atoms. The Kier molecular flexibility index (Phi) is 10.5. The summed E-state index contributed by atoms with van der Waals surface area (Å²) in [5.41, 5.74) is 0. The van der Waals surface area contributed by atoms with Gasteiger partial charge in [0, 0.05) is 6.42 Å². The van der Waals surface area contributed by atoms with Crippen LogP contribution in [0.1, 0.15) is 66.2 Å². The van der Waals surface area contributed by atoms with Gasteiger partial charge in [-0.05, 0) is 24.6 Å². The van der Waals surface area contributed by atoms with Crippen molar-refractivity contribution in [2.24, 2.45) is 0 Å². The fourth-order valence-corrected chi connectivity index (χ4v) is 5.39. The van der Waals surface area contributed by atoms with Gasteiger partial charge in [-0.25, -0.2) is 0 Å². The zero-order chi connectivity index (χ0) is 13.9. The fourth-order valence-electron chi connectivity index (χ4n) is 2.49. The van der Waals surface area contributed by atoms with Crippen LogP contribution in [0.25, 0.3) is 0 Å². The third kappa shape index (κ3) is 6.61. The first-order valence-corrected chi connectivity index (χ1v) is 10.3. The maximum atomic E-state index is 6.50. The van der Waals surface area contributed by atoms with Crippen molar-refractivity contribution in [2.45, 2.75) is 90.5 Å². The van der Waals surface area contributed by atoms with Gasteiger partial charge in [0.25, 0.3) is 0 Å². The molecule has 0 radical (unpaired) electrons. The molecule has 0 saturated heterocycles. The van der Waals surface area contributed by atoms with E-state index >= 15 is 0 Å². The molecule has 1 atom stereocenters. The smallest absolute Gasteiger partial charge is 0.192 e. The van der Waals surface area contributed by atoms with Crippen LogP contribution in [0.5, 0.6) is 0 Å². The summed E-state index contributed by atoms with van der Waals surface area (Å²) in [4.78, 5) is 0. The quantitative estimate of drug-likeness (QED) is 0.278. The van der Waals surface area contributed by atoms with E-state index in [1.165, 1.54) is 43.8 Å². The van der Waals surface area contributed by atoms with E-state index < -0.39 is 8.32 Å². The zero-order valence-corrected chi connectivity index (χ0v) is 13.9. The van der Waals surface area contributed by atoms with Crippen LogP contribution in [-0.4, -0.2) is 14.4 Å². The zero-order valence-electron chi connectivity index (χ0n) is 12.9. The Morgan fingerprint density at radius 2 is 1.61 bits per heavy atom. The molecule has 0 aliphatic carbocycles. The van der Waals surface area contributed by atoms with E-state index in [0.717, 1.165) is 12.8 Å². The van der Waals surface area contributed by atoms with E-state index in [4.69, 9.17) is 10.8 Å². The van der Waals surface area contributed by atoms with Crippen LogP contribution in [0.2, 0.25) is 18.1 Å². The SMILES string of the molecule is C#CCC(CCCCCC)O[Si](CC)(CC)CC. The van der Waals surface area contributed by atoms with Crippen molar-refractivity contribution in [3.05, 3.63) is 0 Å². The van der Waals surface area contributed by atoms with E-state index in [-0.39, 0.29) is 0 Å². The minimum atomic E-state index is -1.48. The molecular weight excluding hydrogens is 236 g/mol. The van der Waals surface area contributed by atoms with Gasteiger partial charge in [-0.15, -0.1) is 12.3 Å². The molecule has 1 unspecified atom stereocenters. The lowest BCUT2D eigenvalue weighted by molar-refractivity contribution is 0.177. The highest BCUT2D eigenvalue weighted by Crippen LogP contribution is 2.26. The molecule has 0 aliphatic rings. The molecule has 0 rings (SSSR count). The van der Waals surface area contributed by atoms with Crippen molar-refractivity contribution in [2.75, 3.05) is 0 Å². The first-order valence-electron chi connectivity index (χ1n) is 7.79. The van der Waals surface area contributed by atoms with Gasteiger partial charge in [-0.2, -0.15) is 0 Å². The molecule has 0 aromatic rings.